The van der Waals surface area contributed by atoms with Gasteiger partial charge in [0.15, 0.2) is 0 Å². The molecule has 1 heterocycles. The first-order valence-electron chi connectivity index (χ1n) is 4.84. The molecule has 0 fully saturated rings. The van der Waals surface area contributed by atoms with Gasteiger partial charge in [-0.3, -0.25) is 24.6 Å². The van der Waals surface area contributed by atoms with Crippen LogP contribution < -0.4 is 16.4 Å². The van der Waals surface area contributed by atoms with Gasteiger partial charge in [-0.2, -0.15) is 0 Å². The van der Waals surface area contributed by atoms with Gasteiger partial charge in [0, 0.05) is 19.5 Å². The summed E-state index contributed by atoms with van der Waals surface area (Å²) in [6.07, 6.45) is -2.92. The number of nitrogens with one attached hydrogen (secondary N) is 3. The van der Waals surface area contributed by atoms with Crippen molar-refractivity contribution in [3.8, 4) is 0 Å². The van der Waals surface area contributed by atoms with Crippen molar-refractivity contribution < 1.29 is 15.0 Å². The predicted octanol–water partition coefficient (Wildman–Crippen LogP) is -2.41. The summed E-state index contributed by atoms with van der Waals surface area (Å²) in [5.41, 5.74) is -1.57. The van der Waals surface area contributed by atoms with E-state index in [9.17, 15) is 24.6 Å². The van der Waals surface area contributed by atoms with Gasteiger partial charge in [0.1, 0.15) is 12.2 Å². The normalized spacial score (nSPS) is 14.1. The summed E-state index contributed by atoms with van der Waals surface area (Å²) in [4.78, 5) is 32.8. The van der Waals surface area contributed by atoms with Gasteiger partial charge < -0.3 is 15.5 Å². The number of hydrogen-bond acceptors (Lipinski definition) is 5. The monoisotopic (exact) mass is 243 g/mol. The zero-order valence-electron chi connectivity index (χ0n) is 9.06. The second-order valence-corrected chi connectivity index (χ2v) is 3.49. The predicted molar refractivity (Wildman–Crippen MR) is 57.3 cm³/mol. The van der Waals surface area contributed by atoms with Gasteiger partial charge in [-0.1, -0.05) is 0 Å². The minimum absolute atomic E-state index is 0.220. The van der Waals surface area contributed by atoms with Crippen LogP contribution in [0.4, 0.5) is 0 Å². The lowest BCUT2D eigenvalue weighted by Crippen LogP contribution is -2.37. The summed E-state index contributed by atoms with van der Waals surface area (Å²) < 4.78 is 0. The Morgan fingerprint density at radius 1 is 1.41 bits per heavy atom. The smallest absolute Gasteiger partial charge is 0.268 e. The number of H-pyrrole nitrogens is 2. The summed E-state index contributed by atoms with van der Waals surface area (Å²) in [7, 11) is 0. The van der Waals surface area contributed by atoms with Gasteiger partial charge >= 0.3 is 0 Å². The van der Waals surface area contributed by atoms with Crippen LogP contribution in [0, 0.1) is 0 Å². The molecule has 0 aliphatic carbocycles. The lowest BCUT2D eigenvalue weighted by molar-refractivity contribution is -0.119. The lowest BCUT2D eigenvalue weighted by Gasteiger charge is -2.17. The molecule has 17 heavy (non-hydrogen) atoms. The van der Waals surface area contributed by atoms with Crippen molar-refractivity contribution >= 4 is 5.91 Å². The maximum atomic E-state index is 11.3. The van der Waals surface area contributed by atoms with Crippen LogP contribution >= 0.6 is 0 Å². The Morgan fingerprint density at radius 3 is 2.65 bits per heavy atom. The Bertz CT molecular complexity index is 506. The third-order valence-electron chi connectivity index (χ3n) is 2.09. The highest BCUT2D eigenvalue weighted by atomic mass is 16.3. The number of aromatic nitrogens is 2. The lowest BCUT2D eigenvalue weighted by atomic mass is 10.1. The van der Waals surface area contributed by atoms with Crippen molar-refractivity contribution in [1.29, 1.82) is 0 Å². The molecule has 0 saturated carbocycles. The van der Waals surface area contributed by atoms with E-state index in [-0.39, 0.29) is 18.0 Å². The van der Waals surface area contributed by atoms with Gasteiger partial charge in [0.2, 0.25) is 5.91 Å². The SMILES string of the molecule is CC(=O)NCC(O)C(O)c1cc(=O)[nH][nH]c1=O. The van der Waals surface area contributed by atoms with Gasteiger partial charge in [0.25, 0.3) is 11.1 Å². The van der Waals surface area contributed by atoms with E-state index in [0.29, 0.717) is 0 Å². The number of rotatable bonds is 4. The van der Waals surface area contributed by atoms with Gasteiger partial charge in [-0.05, 0) is 0 Å². The molecule has 1 rings (SSSR count). The summed E-state index contributed by atoms with van der Waals surface area (Å²) in [6, 6.07) is 0.889. The number of aliphatic hydroxyl groups is 2. The average Bonchev–Trinajstić information content (AvgIpc) is 2.28. The molecule has 94 valence electrons. The Labute approximate surface area is 95.3 Å². The molecule has 0 aliphatic heterocycles. The van der Waals surface area contributed by atoms with E-state index in [2.05, 4.69) is 5.32 Å². The Hall–Kier alpha value is -1.93. The van der Waals surface area contributed by atoms with Gasteiger partial charge in [-0.25, -0.2) is 0 Å². The van der Waals surface area contributed by atoms with E-state index in [0.717, 1.165) is 6.07 Å². The second kappa shape index (κ2) is 5.41. The Balaban J connectivity index is 2.84. The van der Waals surface area contributed by atoms with Crippen molar-refractivity contribution in [3.05, 3.63) is 32.3 Å². The molecule has 0 radical (unpaired) electrons. The second-order valence-electron chi connectivity index (χ2n) is 3.49. The first-order chi connectivity index (χ1) is 7.91. The Morgan fingerprint density at radius 2 is 2.06 bits per heavy atom. The molecule has 1 aromatic rings. The fraction of sp³-hybridized carbons (Fsp3) is 0.444. The van der Waals surface area contributed by atoms with E-state index in [4.69, 9.17) is 0 Å². The Kier molecular flexibility index (Phi) is 4.18. The summed E-state index contributed by atoms with van der Waals surface area (Å²) in [5.74, 6) is -0.379. The minimum atomic E-state index is -1.55. The fourth-order valence-electron chi connectivity index (χ4n) is 1.22. The van der Waals surface area contributed by atoms with Crippen LogP contribution in [0.5, 0.6) is 0 Å². The van der Waals surface area contributed by atoms with Crippen molar-refractivity contribution in [2.24, 2.45) is 0 Å². The number of amides is 1. The molecule has 5 N–H and O–H groups in total. The molecule has 0 bridgehead atoms. The van der Waals surface area contributed by atoms with E-state index >= 15 is 0 Å². The van der Waals surface area contributed by atoms with Crippen LogP contribution in [0.1, 0.15) is 18.6 Å². The molecule has 0 aromatic carbocycles. The van der Waals surface area contributed by atoms with Crippen LogP contribution in [0.25, 0.3) is 0 Å². The van der Waals surface area contributed by atoms with Crippen molar-refractivity contribution in [2.75, 3.05) is 6.54 Å². The molecule has 1 amide bonds. The van der Waals surface area contributed by atoms with Crippen LogP contribution in [0.2, 0.25) is 0 Å². The summed E-state index contributed by atoms with van der Waals surface area (Å²) in [6.45, 7) is 1.03. The number of aromatic amines is 2. The molecule has 8 heteroatoms. The molecule has 8 nitrogen and oxygen atoms in total. The van der Waals surface area contributed by atoms with E-state index in [1.807, 2.05) is 10.2 Å². The quantitative estimate of drug-likeness (QED) is 0.401. The summed E-state index contributed by atoms with van der Waals surface area (Å²) in [5, 5.41) is 25.5. The molecule has 2 unspecified atom stereocenters. The molecule has 0 spiro atoms. The van der Waals surface area contributed by atoms with Crippen LogP contribution in [-0.4, -0.2) is 39.0 Å². The van der Waals surface area contributed by atoms with Crippen molar-refractivity contribution in [3.63, 3.8) is 0 Å². The molecular weight excluding hydrogens is 230 g/mol. The maximum absolute atomic E-state index is 11.3. The third kappa shape index (κ3) is 3.54. The van der Waals surface area contributed by atoms with E-state index in [1.54, 1.807) is 0 Å². The minimum Gasteiger partial charge on any atom is -0.388 e. The van der Waals surface area contributed by atoms with Crippen LogP contribution in [0.15, 0.2) is 15.7 Å². The fourth-order valence-corrected chi connectivity index (χ4v) is 1.22. The highest BCUT2D eigenvalue weighted by molar-refractivity contribution is 5.72. The largest absolute Gasteiger partial charge is 0.388 e. The standard InChI is InChI=1S/C9H13N3O5/c1-4(13)10-3-6(14)8(16)5-2-7(15)11-12-9(5)17/h2,6,8,14,16H,3H2,1H3,(H,10,13)(H,11,15)(H,12,17). The number of carbonyl (C=O) groups is 1. The van der Waals surface area contributed by atoms with Crippen LogP contribution in [0.3, 0.4) is 0 Å². The first kappa shape index (κ1) is 13.1. The van der Waals surface area contributed by atoms with Gasteiger partial charge in [0.05, 0.1) is 5.56 Å². The zero-order chi connectivity index (χ0) is 13.0. The molecule has 2 atom stereocenters. The van der Waals surface area contributed by atoms with E-state index < -0.39 is 23.3 Å². The topological polar surface area (TPSA) is 135 Å². The third-order valence-corrected chi connectivity index (χ3v) is 2.09. The highest BCUT2D eigenvalue weighted by Crippen LogP contribution is 2.10. The first-order valence-corrected chi connectivity index (χ1v) is 4.84. The molecular formula is C9H13N3O5. The van der Waals surface area contributed by atoms with E-state index in [1.165, 1.54) is 6.92 Å². The molecule has 0 saturated heterocycles. The van der Waals surface area contributed by atoms with Crippen molar-refractivity contribution in [1.82, 2.24) is 15.5 Å². The average molecular weight is 243 g/mol. The number of carbonyl (C=O) groups excluding carboxylic acids is 1. The zero-order valence-corrected chi connectivity index (χ0v) is 9.06. The maximum Gasteiger partial charge on any atom is 0.268 e. The number of hydrogen-bond donors (Lipinski definition) is 5. The van der Waals surface area contributed by atoms with Crippen molar-refractivity contribution in [2.45, 2.75) is 19.1 Å². The van der Waals surface area contributed by atoms with Crippen LogP contribution in [-0.2, 0) is 4.79 Å². The van der Waals surface area contributed by atoms with Gasteiger partial charge in [-0.15, -0.1) is 0 Å². The molecule has 1 aromatic heterocycles. The number of aliphatic hydroxyl groups excluding tert-OH is 2. The highest BCUT2D eigenvalue weighted by Gasteiger charge is 2.21. The summed E-state index contributed by atoms with van der Waals surface area (Å²) >= 11 is 0. The molecule has 0 aliphatic rings.